The van der Waals surface area contributed by atoms with Gasteiger partial charge in [0.15, 0.2) is 0 Å². The number of aromatic nitrogens is 1. The molecule has 0 aliphatic rings. The lowest BCUT2D eigenvalue weighted by Crippen LogP contribution is -2.19. The quantitative estimate of drug-likeness (QED) is 0.361. The molecule has 0 saturated heterocycles. The zero-order valence-corrected chi connectivity index (χ0v) is 14.8. The maximum atomic E-state index is 11.8. The van der Waals surface area contributed by atoms with Gasteiger partial charge in [0.2, 0.25) is 0 Å². The lowest BCUT2D eigenvalue weighted by Gasteiger charge is -2.21. The van der Waals surface area contributed by atoms with Crippen LogP contribution in [-0.4, -0.2) is 37.2 Å². The Hall–Kier alpha value is -1.03. The van der Waals surface area contributed by atoms with Crippen molar-refractivity contribution in [3.05, 3.63) is 24.0 Å². The van der Waals surface area contributed by atoms with Gasteiger partial charge in [-0.25, -0.2) is 4.79 Å². The van der Waals surface area contributed by atoms with Crippen molar-refractivity contribution in [3.63, 3.8) is 0 Å². The molecule has 0 spiro atoms. The van der Waals surface area contributed by atoms with E-state index < -0.39 is 5.97 Å². The Morgan fingerprint density at radius 1 is 1.48 bits per heavy atom. The third kappa shape index (κ3) is 5.70. The van der Waals surface area contributed by atoms with Crippen LogP contribution in [0.25, 0.3) is 0 Å². The smallest absolute Gasteiger partial charge is 0.340 e. The van der Waals surface area contributed by atoms with Crippen molar-refractivity contribution in [1.29, 1.82) is 0 Å². The van der Waals surface area contributed by atoms with Crippen LogP contribution in [0.1, 0.15) is 30.1 Å². The Morgan fingerprint density at radius 3 is 2.86 bits per heavy atom. The molecule has 0 fully saturated rings. The monoisotopic (exact) mass is 424 g/mol. The average Bonchev–Trinajstić information content (AvgIpc) is 2.51. The second kappa shape index (κ2) is 9.82. The first kappa shape index (κ1) is 18.0. The van der Waals surface area contributed by atoms with Crippen molar-refractivity contribution in [2.24, 2.45) is 0 Å². The number of hydrogen-bond donors (Lipinski definition) is 0. The second-order valence-corrected chi connectivity index (χ2v) is 5.72. The van der Waals surface area contributed by atoms with E-state index >= 15 is 0 Å². The second-order valence-electron chi connectivity index (χ2n) is 3.96. The number of carbonyl (C=O) groups excluding carboxylic acids is 2. The summed E-state index contributed by atoms with van der Waals surface area (Å²) in [6.07, 6.45) is 4.13. The van der Waals surface area contributed by atoms with Gasteiger partial charge >= 0.3 is 11.9 Å². The predicted molar refractivity (Wildman–Crippen MR) is 90.4 cm³/mol. The van der Waals surface area contributed by atoms with Crippen LogP contribution >= 0.6 is 30.3 Å². The summed E-state index contributed by atoms with van der Waals surface area (Å²) < 4.78 is 11.6. The first-order valence-corrected chi connectivity index (χ1v) is 9.69. The molecular formula is C13H17IN2O4S. The minimum atomic E-state index is -0.409. The van der Waals surface area contributed by atoms with Crippen molar-refractivity contribution in [3.8, 4) is 0 Å². The summed E-state index contributed by atoms with van der Waals surface area (Å²) in [7, 11) is 2.78. The number of ether oxygens (including phenoxy) is 2. The van der Waals surface area contributed by atoms with Crippen LogP contribution in [0.4, 0.5) is 5.69 Å². The molecular weight excluding hydrogens is 407 g/mol. The minimum absolute atomic E-state index is 0.213. The van der Waals surface area contributed by atoms with Crippen molar-refractivity contribution in [2.45, 2.75) is 19.8 Å². The molecule has 1 heterocycles. The number of hydrogen-bond acceptors (Lipinski definition) is 7. The third-order valence-corrected chi connectivity index (χ3v) is 4.58. The highest BCUT2D eigenvalue weighted by atomic mass is 127. The molecule has 1 aromatic heterocycles. The van der Waals surface area contributed by atoms with Gasteiger partial charge < -0.3 is 13.8 Å². The van der Waals surface area contributed by atoms with Crippen LogP contribution in [0.3, 0.4) is 0 Å². The van der Waals surface area contributed by atoms with Gasteiger partial charge in [-0.05, 0) is 19.4 Å². The molecule has 0 aliphatic heterocycles. The van der Waals surface area contributed by atoms with Crippen LogP contribution in [0.5, 0.6) is 0 Å². The highest BCUT2D eigenvalue weighted by molar-refractivity contribution is 14.2. The molecule has 0 aliphatic carbocycles. The van der Waals surface area contributed by atoms with Crippen molar-refractivity contribution in [2.75, 3.05) is 24.6 Å². The highest BCUT2D eigenvalue weighted by Crippen LogP contribution is 2.30. The number of halogens is 1. The maximum absolute atomic E-state index is 11.8. The van der Waals surface area contributed by atoms with Gasteiger partial charge in [0.1, 0.15) is 0 Å². The lowest BCUT2D eigenvalue weighted by atomic mass is 10.2. The Morgan fingerprint density at radius 2 is 2.24 bits per heavy atom. The van der Waals surface area contributed by atoms with Crippen LogP contribution in [0, 0.1) is 0 Å². The van der Waals surface area contributed by atoms with Gasteiger partial charge in [-0.15, -0.1) is 0 Å². The summed E-state index contributed by atoms with van der Waals surface area (Å²) in [5, 5.41) is 0. The topological polar surface area (TPSA) is 68.7 Å². The molecule has 1 rings (SSSR count). The van der Waals surface area contributed by atoms with E-state index in [1.807, 2.05) is 4.31 Å². The molecule has 0 unspecified atom stereocenters. The van der Waals surface area contributed by atoms with E-state index in [2.05, 4.69) is 26.2 Å². The predicted octanol–water partition coefficient (Wildman–Crippen LogP) is 3.02. The van der Waals surface area contributed by atoms with Gasteiger partial charge in [0.25, 0.3) is 0 Å². The summed E-state index contributed by atoms with van der Waals surface area (Å²) in [6.45, 7) is 2.77. The normalized spacial score (nSPS) is 10.0. The fourth-order valence-corrected chi connectivity index (χ4v) is 3.31. The summed E-state index contributed by atoms with van der Waals surface area (Å²) in [4.78, 5) is 27.1. The Balaban J connectivity index is 2.72. The van der Waals surface area contributed by atoms with Crippen LogP contribution in [0.15, 0.2) is 18.5 Å². The van der Waals surface area contributed by atoms with E-state index in [1.165, 1.54) is 16.2 Å². The molecule has 1 aromatic rings. The van der Waals surface area contributed by atoms with Gasteiger partial charge in [0.05, 0.1) is 31.2 Å². The van der Waals surface area contributed by atoms with E-state index in [0.29, 0.717) is 37.2 Å². The zero-order valence-electron chi connectivity index (χ0n) is 11.9. The SMILES string of the molecule is CCOC(=O)CCCN(SI)c1cnccc1C(=O)OC. The van der Waals surface area contributed by atoms with E-state index in [9.17, 15) is 9.59 Å². The van der Waals surface area contributed by atoms with E-state index in [-0.39, 0.29) is 5.97 Å². The molecule has 0 N–H and O–H groups in total. The van der Waals surface area contributed by atoms with Crippen molar-refractivity contribution in [1.82, 2.24) is 4.98 Å². The minimum Gasteiger partial charge on any atom is -0.466 e. The van der Waals surface area contributed by atoms with Crippen LogP contribution in [0.2, 0.25) is 0 Å². The molecule has 0 amide bonds. The number of nitrogens with zero attached hydrogens (tertiary/aromatic N) is 2. The number of methoxy groups -OCH3 is 1. The third-order valence-electron chi connectivity index (χ3n) is 2.60. The lowest BCUT2D eigenvalue weighted by molar-refractivity contribution is -0.143. The Labute approximate surface area is 140 Å². The van der Waals surface area contributed by atoms with Crippen molar-refractivity contribution >= 4 is 48.0 Å². The molecule has 0 saturated carbocycles. The molecule has 0 bridgehead atoms. The van der Waals surface area contributed by atoms with Crippen LogP contribution in [-0.2, 0) is 14.3 Å². The fourth-order valence-electron chi connectivity index (χ4n) is 1.66. The first-order valence-electron chi connectivity index (χ1n) is 6.38. The van der Waals surface area contributed by atoms with Gasteiger partial charge in [-0.1, -0.05) is 0 Å². The summed E-state index contributed by atoms with van der Waals surface area (Å²) in [6, 6.07) is 1.62. The average molecular weight is 424 g/mol. The Bertz CT molecular complexity index is 487. The summed E-state index contributed by atoms with van der Waals surface area (Å²) >= 11 is 2.13. The zero-order chi connectivity index (χ0) is 15.7. The first-order chi connectivity index (χ1) is 10.1. The Kier molecular flexibility index (Phi) is 8.43. The molecule has 0 radical (unpaired) electrons. The largest absolute Gasteiger partial charge is 0.466 e. The highest BCUT2D eigenvalue weighted by Gasteiger charge is 2.17. The van der Waals surface area contributed by atoms with E-state index in [4.69, 9.17) is 9.47 Å². The molecule has 116 valence electrons. The van der Waals surface area contributed by atoms with Crippen LogP contribution < -0.4 is 4.31 Å². The number of esters is 2. The summed E-state index contributed by atoms with van der Waals surface area (Å²) in [5.41, 5.74) is 1.13. The van der Waals surface area contributed by atoms with Gasteiger partial charge in [-0.2, -0.15) is 0 Å². The fraction of sp³-hybridized carbons (Fsp3) is 0.462. The molecule has 8 heteroatoms. The van der Waals surface area contributed by atoms with Gasteiger partial charge in [0, 0.05) is 49.5 Å². The number of carbonyl (C=O) groups is 2. The van der Waals surface area contributed by atoms with E-state index in [0.717, 1.165) is 0 Å². The summed E-state index contributed by atoms with van der Waals surface area (Å²) in [5.74, 6) is -0.622. The molecule has 0 atom stereocenters. The number of rotatable bonds is 8. The number of anilines is 1. The maximum Gasteiger partial charge on any atom is 0.340 e. The molecule has 21 heavy (non-hydrogen) atoms. The molecule has 6 nitrogen and oxygen atoms in total. The van der Waals surface area contributed by atoms with E-state index in [1.54, 1.807) is 25.4 Å². The number of pyridine rings is 1. The van der Waals surface area contributed by atoms with Gasteiger partial charge in [-0.3, -0.25) is 9.78 Å². The van der Waals surface area contributed by atoms with Crippen molar-refractivity contribution < 1.29 is 19.1 Å². The standard InChI is InChI=1S/C13H17IN2O4S/c1-3-20-12(17)5-4-8-16(21-14)11-9-15-7-6-10(11)13(18)19-2/h6-7,9H,3-5,8H2,1-2H3. The molecule has 0 aromatic carbocycles.